The summed E-state index contributed by atoms with van der Waals surface area (Å²) in [5.41, 5.74) is 2.21. The van der Waals surface area contributed by atoms with Crippen LogP contribution < -0.4 is 4.90 Å². The molecule has 0 N–H and O–H groups in total. The summed E-state index contributed by atoms with van der Waals surface area (Å²) in [5, 5.41) is 9.11. The predicted molar refractivity (Wildman–Crippen MR) is 91.2 cm³/mol. The second kappa shape index (κ2) is 5.20. The molecule has 0 spiro atoms. The number of nitriles is 1. The van der Waals surface area contributed by atoms with Crippen LogP contribution in [-0.2, 0) is 17.3 Å². The van der Waals surface area contributed by atoms with Gasteiger partial charge in [0.25, 0.3) is 0 Å². The number of hydrogen-bond acceptors (Lipinski definition) is 2. The van der Waals surface area contributed by atoms with Crippen molar-refractivity contribution in [3.63, 3.8) is 0 Å². The number of benzene rings is 1. The SMILES string of the molecule is CC(C)N1C(=O)C(C)(C)c2cc(-c3ccc(C#N)n3C)cc(F)c21. The molecular formula is C19H20FN3O. The molecule has 0 fully saturated rings. The molecule has 0 radical (unpaired) electrons. The summed E-state index contributed by atoms with van der Waals surface area (Å²) in [4.78, 5) is 14.3. The summed E-state index contributed by atoms with van der Waals surface area (Å²) in [7, 11) is 1.77. The molecular weight excluding hydrogens is 305 g/mol. The minimum absolute atomic E-state index is 0.0897. The molecule has 2 aromatic rings. The van der Waals surface area contributed by atoms with Gasteiger partial charge in [-0.15, -0.1) is 0 Å². The topological polar surface area (TPSA) is 49.0 Å². The molecule has 1 aromatic heterocycles. The molecule has 0 saturated heterocycles. The van der Waals surface area contributed by atoms with Crippen LogP contribution in [0.15, 0.2) is 24.3 Å². The Hall–Kier alpha value is -2.61. The molecule has 1 aromatic carbocycles. The molecule has 0 atom stereocenters. The van der Waals surface area contributed by atoms with Crippen LogP contribution in [0.4, 0.5) is 10.1 Å². The van der Waals surface area contributed by atoms with E-state index >= 15 is 0 Å². The second-order valence-corrected chi connectivity index (χ2v) is 7.02. The third kappa shape index (κ3) is 2.06. The fourth-order valence-electron chi connectivity index (χ4n) is 3.39. The second-order valence-electron chi connectivity index (χ2n) is 7.02. The monoisotopic (exact) mass is 325 g/mol. The Balaban J connectivity index is 2.25. The van der Waals surface area contributed by atoms with Crippen LogP contribution in [0.1, 0.15) is 39.0 Å². The van der Waals surface area contributed by atoms with E-state index in [2.05, 4.69) is 6.07 Å². The first-order valence-electron chi connectivity index (χ1n) is 7.94. The lowest BCUT2D eigenvalue weighted by Gasteiger charge is -2.24. The summed E-state index contributed by atoms with van der Waals surface area (Å²) in [5.74, 6) is -0.497. The molecule has 5 heteroatoms. The van der Waals surface area contributed by atoms with E-state index in [1.165, 1.54) is 6.07 Å². The first kappa shape index (κ1) is 16.3. The van der Waals surface area contributed by atoms with Crippen LogP contribution in [-0.4, -0.2) is 16.5 Å². The van der Waals surface area contributed by atoms with Gasteiger partial charge in [0.2, 0.25) is 5.91 Å². The van der Waals surface area contributed by atoms with E-state index in [9.17, 15) is 9.18 Å². The number of nitrogens with zero attached hydrogens (tertiary/aromatic N) is 3. The van der Waals surface area contributed by atoms with Crippen molar-refractivity contribution in [2.45, 2.75) is 39.2 Å². The summed E-state index contributed by atoms with van der Waals surface area (Å²) in [6.45, 7) is 7.41. The van der Waals surface area contributed by atoms with Crippen LogP contribution in [0.3, 0.4) is 0 Å². The third-order valence-electron chi connectivity index (χ3n) is 4.78. The highest BCUT2D eigenvalue weighted by molar-refractivity contribution is 6.08. The van der Waals surface area contributed by atoms with Gasteiger partial charge in [-0.2, -0.15) is 5.26 Å². The van der Waals surface area contributed by atoms with Gasteiger partial charge in [-0.1, -0.05) is 0 Å². The number of amides is 1. The van der Waals surface area contributed by atoms with Crippen LogP contribution in [0.5, 0.6) is 0 Å². The van der Waals surface area contributed by atoms with Gasteiger partial charge in [0.05, 0.1) is 11.1 Å². The number of rotatable bonds is 2. The smallest absolute Gasteiger partial charge is 0.237 e. The maximum absolute atomic E-state index is 14.9. The average molecular weight is 325 g/mol. The van der Waals surface area contributed by atoms with Gasteiger partial charge in [-0.05, 0) is 57.5 Å². The number of aromatic nitrogens is 1. The largest absolute Gasteiger partial charge is 0.335 e. The van der Waals surface area contributed by atoms with Gasteiger partial charge < -0.3 is 9.47 Å². The van der Waals surface area contributed by atoms with Crippen molar-refractivity contribution < 1.29 is 9.18 Å². The van der Waals surface area contributed by atoms with Gasteiger partial charge in [0.1, 0.15) is 17.6 Å². The normalized spacial score (nSPS) is 15.8. The molecule has 0 saturated carbocycles. The summed E-state index contributed by atoms with van der Waals surface area (Å²) in [6, 6.07) is 8.81. The van der Waals surface area contributed by atoms with Gasteiger partial charge >= 0.3 is 0 Å². The minimum atomic E-state index is -0.778. The van der Waals surface area contributed by atoms with E-state index in [0.717, 1.165) is 5.69 Å². The quantitative estimate of drug-likeness (QED) is 0.844. The highest BCUT2D eigenvalue weighted by Crippen LogP contribution is 2.46. The van der Waals surface area contributed by atoms with Gasteiger partial charge in [0.15, 0.2) is 0 Å². The lowest BCUT2D eigenvalue weighted by atomic mass is 9.85. The maximum Gasteiger partial charge on any atom is 0.237 e. The van der Waals surface area contributed by atoms with Crippen molar-refractivity contribution >= 4 is 11.6 Å². The van der Waals surface area contributed by atoms with E-state index in [-0.39, 0.29) is 11.9 Å². The number of carbonyl (C=O) groups excluding carboxylic acids is 1. The van der Waals surface area contributed by atoms with Crippen molar-refractivity contribution in [3.05, 3.63) is 41.3 Å². The zero-order chi connectivity index (χ0) is 17.8. The molecule has 24 heavy (non-hydrogen) atoms. The number of fused-ring (bicyclic) bond motifs is 1. The summed E-state index contributed by atoms with van der Waals surface area (Å²) < 4.78 is 16.6. The molecule has 2 heterocycles. The van der Waals surface area contributed by atoms with Gasteiger partial charge in [-0.3, -0.25) is 4.79 Å². The Kier molecular flexibility index (Phi) is 3.52. The van der Waals surface area contributed by atoms with Crippen molar-refractivity contribution in [1.29, 1.82) is 5.26 Å². The van der Waals surface area contributed by atoms with E-state index in [1.807, 2.05) is 33.8 Å². The number of carbonyl (C=O) groups is 1. The van der Waals surface area contributed by atoms with Crippen LogP contribution in [0.25, 0.3) is 11.3 Å². The summed E-state index contributed by atoms with van der Waals surface area (Å²) in [6.07, 6.45) is 0. The highest BCUT2D eigenvalue weighted by atomic mass is 19.1. The maximum atomic E-state index is 14.9. The average Bonchev–Trinajstić information content (AvgIpc) is 2.97. The molecule has 0 aliphatic carbocycles. The molecule has 0 unspecified atom stereocenters. The van der Waals surface area contributed by atoms with Gasteiger partial charge in [0, 0.05) is 24.3 Å². The van der Waals surface area contributed by atoms with Crippen molar-refractivity contribution in [1.82, 2.24) is 4.57 Å². The predicted octanol–water partition coefficient (Wildman–Crippen LogP) is 3.74. The fourth-order valence-corrected chi connectivity index (χ4v) is 3.39. The molecule has 4 nitrogen and oxygen atoms in total. The third-order valence-corrected chi connectivity index (χ3v) is 4.78. The Morgan fingerprint density at radius 1 is 1.25 bits per heavy atom. The molecule has 3 rings (SSSR count). The van der Waals surface area contributed by atoms with E-state index < -0.39 is 11.2 Å². The van der Waals surface area contributed by atoms with Crippen LogP contribution >= 0.6 is 0 Å². The lowest BCUT2D eigenvalue weighted by Crippen LogP contribution is -2.40. The van der Waals surface area contributed by atoms with Crippen LogP contribution in [0, 0.1) is 17.1 Å². The molecule has 1 amide bonds. The van der Waals surface area contributed by atoms with E-state index in [1.54, 1.807) is 28.6 Å². The zero-order valence-electron chi connectivity index (χ0n) is 14.5. The first-order valence-corrected chi connectivity index (χ1v) is 7.94. The summed E-state index contributed by atoms with van der Waals surface area (Å²) >= 11 is 0. The van der Waals surface area contributed by atoms with E-state index in [4.69, 9.17) is 5.26 Å². The Bertz CT molecular complexity index is 887. The fraction of sp³-hybridized carbons (Fsp3) is 0.368. The highest BCUT2D eigenvalue weighted by Gasteiger charge is 2.46. The molecule has 1 aliphatic rings. The van der Waals surface area contributed by atoms with Crippen molar-refractivity contribution in [2.75, 3.05) is 4.90 Å². The van der Waals surface area contributed by atoms with Crippen molar-refractivity contribution in [2.24, 2.45) is 7.05 Å². The molecule has 124 valence electrons. The number of hydrogen-bond donors (Lipinski definition) is 0. The van der Waals surface area contributed by atoms with Gasteiger partial charge in [-0.25, -0.2) is 4.39 Å². The standard InChI is InChI=1S/C19H20FN3O/c1-11(2)23-17-14(19(3,4)18(23)24)8-12(9-15(17)20)16-7-6-13(10-21)22(16)5/h6-9,11H,1-5H3. The van der Waals surface area contributed by atoms with Crippen LogP contribution in [0.2, 0.25) is 0 Å². The molecule has 1 aliphatic heterocycles. The Morgan fingerprint density at radius 3 is 2.46 bits per heavy atom. The lowest BCUT2D eigenvalue weighted by molar-refractivity contribution is -0.122. The Labute approximate surface area is 141 Å². The Morgan fingerprint density at radius 2 is 1.92 bits per heavy atom. The zero-order valence-corrected chi connectivity index (χ0v) is 14.5. The number of halogens is 1. The van der Waals surface area contributed by atoms with E-state index in [0.29, 0.717) is 22.5 Å². The first-order chi connectivity index (χ1) is 11.2. The minimum Gasteiger partial charge on any atom is -0.335 e. The molecule has 0 bridgehead atoms. The number of anilines is 1. The van der Waals surface area contributed by atoms with Crippen molar-refractivity contribution in [3.8, 4) is 17.3 Å².